The Bertz CT molecular complexity index is 705. The number of rotatable bonds is 3. The van der Waals surface area contributed by atoms with Gasteiger partial charge in [-0.2, -0.15) is 0 Å². The molecule has 21 heavy (non-hydrogen) atoms. The average Bonchev–Trinajstić information content (AvgIpc) is 2.43. The van der Waals surface area contributed by atoms with E-state index < -0.39 is 17.4 Å². The SMILES string of the molecule is CC(=O)Nc1cc(C(=O)c2ccc(C)cc2)cc(O)c1O. The molecule has 0 aliphatic rings. The highest BCUT2D eigenvalue weighted by molar-refractivity contribution is 6.10. The van der Waals surface area contributed by atoms with Crippen LogP contribution in [0, 0.1) is 6.92 Å². The lowest BCUT2D eigenvalue weighted by Gasteiger charge is -2.10. The Morgan fingerprint density at radius 1 is 1.00 bits per heavy atom. The van der Waals surface area contributed by atoms with Gasteiger partial charge in [0.05, 0.1) is 5.69 Å². The molecule has 0 saturated carbocycles. The number of hydrogen-bond acceptors (Lipinski definition) is 4. The van der Waals surface area contributed by atoms with E-state index in [1.165, 1.54) is 19.1 Å². The molecule has 1 amide bonds. The minimum Gasteiger partial charge on any atom is -0.504 e. The van der Waals surface area contributed by atoms with Crippen molar-refractivity contribution in [2.45, 2.75) is 13.8 Å². The minimum absolute atomic E-state index is 0.00189. The van der Waals surface area contributed by atoms with Crippen LogP contribution >= 0.6 is 0 Å². The smallest absolute Gasteiger partial charge is 0.221 e. The van der Waals surface area contributed by atoms with Gasteiger partial charge in [-0.15, -0.1) is 0 Å². The summed E-state index contributed by atoms with van der Waals surface area (Å²) in [6.45, 7) is 3.18. The summed E-state index contributed by atoms with van der Waals surface area (Å²) in [5.41, 5.74) is 1.66. The van der Waals surface area contributed by atoms with Crippen LogP contribution in [-0.2, 0) is 4.79 Å². The molecule has 0 aromatic heterocycles. The van der Waals surface area contributed by atoms with Crippen molar-refractivity contribution in [2.75, 3.05) is 5.32 Å². The normalized spacial score (nSPS) is 10.2. The lowest BCUT2D eigenvalue weighted by Crippen LogP contribution is -2.08. The van der Waals surface area contributed by atoms with E-state index in [4.69, 9.17) is 0 Å². The highest BCUT2D eigenvalue weighted by atomic mass is 16.3. The fourth-order valence-electron chi connectivity index (χ4n) is 1.91. The summed E-state index contributed by atoms with van der Waals surface area (Å²) in [7, 11) is 0. The summed E-state index contributed by atoms with van der Waals surface area (Å²) in [4.78, 5) is 23.4. The molecule has 0 aliphatic carbocycles. The first-order chi connectivity index (χ1) is 9.88. The Kier molecular flexibility index (Phi) is 3.93. The van der Waals surface area contributed by atoms with Crippen LogP contribution in [0.3, 0.4) is 0 Å². The maximum Gasteiger partial charge on any atom is 0.221 e. The van der Waals surface area contributed by atoms with Crippen molar-refractivity contribution in [2.24, 2.45) is 0 Å². The number of phenols is 2. The van der Waals surface area contributed by atoms with Gasteiger partial charge < -0.3 is 15.5 Å². The third-order valence-corrected chi connectivity index (χ3v) is 2.98. The molecular weight excluding hydrogens is 270 g/mol. The second-order valence-corrected chi connectivity index (χ2v) is 4.77. The summed E-state index contributed by atoms with van der Waals surface area (Å²) in [6.07, 6.45) is 0. The number of nitrogens with one attached hydrogen (secondary N) is 1. The maximum atomic E-state index is 12.4. The Hall–Kier alpha value is -2.82. The van der Waals surface area contributed by atoms with Gasteiger partial charge in [0.1, 0.15) is 0 Å². The maximum absolute atomic E-state index is 12.4. The average molecular weight is 285 g/mol. The lowest BCUT2D eigenvalue weighted by atomic mass is 10.0. The van der Waals surface area contributed by atoms with Gasteiger partial charge in [0.15, 0.2) is 17.3 Å². The first-order valence-corrected chi connectivity index (χ1v) is 6.33. The van der Waals surface area contributed by atoms with E-state index in [0.29, 0.717) is 5.56 Å². The van der Waals surface area contributed by atoms with E-state index in [9.17, 15) is 19.8 Å². The first-order valence-electron chi connectivity index (χ1n) is 6.33. The van der Waals surface area contributed by atoms with Crippen LogP contribution in [0.2, 0.25) is 0 Å². The van der Waals surface area contributed by atoms with E-state index >= 15 is 0 Å². The number of aromatic hydroxyl groups is 2. The van der Waals surface area contributed by atoms with Crippen molar-refractivity contribution >= 4 is 17.4 Å². The summed E-state index contributed by atoms with van der Waals surface area (Å²) in [5, 5.41) is 21.7. The first kappa shape index (κ1) is 14.6. The highest BCUT2D eigenvalue weighted by Gasteiger charge is 2.16. The number of ketones is 1. The van der Waals surface area contributed by atoms with Crippen molar-refractivity contribution < 1.29 is 19.8 Å². The van der Waals surface area contributed by atoms with Gasteiger partial charge in [-0.05, 0) is 19.1 Å². The van der Waals surface area contributed by atoms with Crippen LogP contribution in [0.25, 0.3) is 0 Å². The Morgan fingerprint density at radius 2 is 1.62 bits per heavy atom. The quantitative estimate of drug-likeness (QED) is 0.597. The van der Waals surface area contributed by atoms with E-state index in [1.54, 1.807) is 12.1 Å². The lowest BCUT2D eigenvalue weighted by molar-refractivity contribution is -0.114. The molecule has 2 aromatic rings. The summed E-state index contributed by atoms with van der Waals surface area (Å²) < 4.78 is 0. The molecule has 2 rings (SSSR count). The molecule has 0 spiro atoms. The van der Waals surface area contributed by atoms with E-state index in [2.05, 4.69) is 5.32 Å². The standard InChI is InChI=1S/C16H15NO4/c1-9-3-5-11(6-4-9)15(20)12-7-13(17-10(2)18)16(21)14(19)8-12/h3-8,19,21H,1-2H3,(H,17,18). The molecule has 0 bridgehead atoms. The number of carbonyl (C=O) groups is 2. The Morgan fingerprint density at radius 3 is 2.19 bits per heavy atom. The van der Waals surface area contributed by atoms with Crippen LogP contribution in [0.5, 0.6) is 11.5 Å². The summed E-state index contributed by atoms with van der Waals surface area (Å²) >= 11 is 0. The van der Waals surface area contributed by atoms with Gasteiger partial charge in [-0.1, -0.05) is 29.8 Å². The number of benzene rings is 2. The van der Waals surface area contributed by atoms with Crippen LogP contribution in [0.15, 0.2) is 36.4 Å². The fraction of sp³-hybridized carbons (Fsp3) is 0.125. The number of phenolic OH excluding ortho intramolecular Hbond substituents is 2. The Labute approximate surface area is 121 Å². The number of carbonyl (C=O) groups excluding carboxylic acids is 2. The predicted octanol–water partition coefficient (Wildman–Crippen LogP) is 2.60. The predicted molar refractivity (Wildman–Crippen MR) is 78.7 cm³/mol. The zero-order valence-electron chi connectivity index (χ0n) is 11.7. The van der Waals surface area contributed by atoms with Gasteiger partial charge in [-0.25, -0.2) is 0 Å². The molecule has 0 unspecified atom stereocenters. The van der Waals surface area contributed by atoms with E-state index in [0.717, 1.165) is 5.56 Å². The molecular formula is C16H15NO4. The number of anilines is 1. The van der Waals surface area contributed by atoms with Gasteiger partial charge in [0.25, 0.3) is 0 Å². The highest BCUT2D eigenvalue weighted by Crippen LogP contribution is 2.35. The largest absolute Gasteiger partial charge is 0.504 e. The zero-order chi connectivity index (χ0) is 15.6. The van der Waals surface area contributed by atoms with E-state index in [1.807, 2.05) is 19.1 Å². The monoisotopic (exact) mass is 285 g/mol. The van der Waals surface area contributed by atoms with Gasteiger partial charge in [-0.3, -0.25) is 9.59 Å². The van der Waals surface area contributed by atoms with Gasteiger partial charge in [0.2, 0.25) is 5.91 Å². The van der Waals surface area contributed by atoms with Crippen molar-refractivity contribution in [3.8, 4) is 11.5 Å². The van der Waals surface area contributed by atoms with Crippen LogP contribution < -0.4 is 5.32 Å². The van der Waals surface area contributed by atoms with Crippen molar-refractivity contribution in [1.29, 1.82) is 0 Å². The van der Waals surface area contributed by atoms with Crippen LogP contribution in [-0.4, -0.2) is 21.9 Å². The van der Waals surface area contributed by atoms with Crippen molar-refractivity contribution in [3.63, 3.8) is 0 Å². The van der Waals surface area contributed by atoms with Crippen molar-refractivity contribution in [1.82, 2.24) is 0 Å². The topological polar surface area (TPSA) is 86.6 Å². The van der Waals surface area contributed by atoms with E-state index in [-0.39, 0.29) is 17.0 Å². The number of hydrogen-bond donors (Lipinski definition) is 3. The second kappa shape index (κ2) is 5.66. The molecule has 0 heterocycles. The fourth-order valence-corrected chi connectivity index (χ4v) is 1.91. The molecule has 3 N–H and O–H groups in total. The Balaban J connectivity index is 2.43. The van der Waals surface area contributed by atoms with Crippen LogP contribution in [0.4, 0.5) is 5.69 Å². The third-order valence-electron chi connectivity index (χ3n) is 2.98. The second-order valence-electron chi connectivity index (χ2n) is 4.77. The molecule has 0 fully saturated rings. The minimum atomic E-state index is -0.467. The van der Waals surface area contributed by atoms with Crippen LogP contribution in [0.1, 0.15) is 28.4 Å². The summed E-state index contributed by atoms with van der Waals surface area (Å²) in [6, 6.07) is 9.48. The van der Waals surface area contributed by atoms with Gasteiger partial charge >= 0.3 is 0 Å². The number of amides is 1. The molecule has 0 atom stereocenters. The third kappa shape index (κ3) is 3.20. The zero-order valence-corrected chi connectivity index (χ0v) is 11.7. The molecule has 0 aliphatic heterocycles. The summed E-state index contributed by atoms with van der Waals surface area (Å²) in [5.74, 6) is -1.65. The molecule has 5 nitrogen and oxygen atoms in total. The molecule has 5 heteroatoms. The van der Waals surface area contributed by atoms with Gasteiger partial charge in [0, 0.05) is 18.1 Å². The molecule has 0 radical (unpaired) electrons. The molecule has 2 aromatic carbocycles. The van der Waals surface area contributed by atoms with Crippen molar-refractivity contribution in [3.05, 3.63) is 53.1 Å². The number of aryl methyl sites for hydroxylation is 1. The molecule has 0 saturated heterocycles. The molecule has 108 valence electrons.